The van der Waals surface area contributed by atoms with Crippen LogP contribution in [0, 0.1) is 10.1 Å². The SMILES string of the molecule is O=[N+]([O-])c1cccc(S(=O)(=O)Nc2ccc(-c3csc(-c4ccccc4)n3)cc2)c1. The molecule has 3 aromatic carbocycles. The Kier molecular flexibility index (Phi) is 5.30. The summed E-state index contributed by atoms with van der Waals surface area (Å²) in [6.07, 6.45) is 0. The number of nitro benzene ring substituents is 1. The van der Waals surface area contributed by atoms with Crippen molar-refractivity contribution in [1.82, 2.24) is 4.98 Å². The molecule has 0 aliphatic rings. The van der Waals surface area contributed by atoms with E-state index in [9.17, 15) is 18.5 Å². The van der Waals surface area contributed by atoms with Crippen molar-refractivity contribution in [2.24, 2.45) is 0 Å². The lowest BCUT2D eigenvalue weighted by Gasteiger charge is -2.08. The first kappa shape index (κ1) is 19.7. The third-order valence-electron chi connectivity index (χ3n) is 4.30. The van der Waals surface area contributed by atoms with Crippen molar-refractivity contribution in [1.29, 1.82) is 0 Å². The molecule has 0 saturated carbocycles. The monoisotopic (exact) mass is 437 g/mol. The first-order valence-corrected chi connectivity index (χ1v) is 11.2. The molecule has 150 valence electrons. The van der Waals surface area contributed by atoms with Gasteiger partial charge in [0.1, 0.15) is 5.01 Å². The average Bonchev–Trinajstić information content (AvgIpc) is 3.25. The van der Waals surface area contributed by atoms with Crippen molar-refractivity contribution < 1.29 is 13.3 Å². The highest BCUT2D eigenvalue weighted by molar-refractivity contribution is 7.92. The molecule has 0 atom stereocenters. The topological polar surface area (TPSA) is 102 Å². The van der Waals surface area contributed by atoms with Crippen molar-refractivity contribution in [2.75, 3.05) is 4.72 Å². The van der Waals surface area contributed by atoms with Gasteiger partial charge in [0.2, 0.25) is 0 Å². The van der Waals surface area contributed by atoms with Crippen LogP contribution in [0.4, 0.5) is 11.4 Å². The minimum absolute atomic E-state index is 0.173. The lowest BCUT2D eigenvalue weighted by atomic mass is 10.1. The molecule has 7 nitrogen and oxygen atoms in total. The summed E-state index contributed by atoms with van der Waals surface area (Å²) in [5, 5.41) is 13.7. The first-order valence-electron chi connectivity index (χ1n) is 8.81. The van der Waals surface area contributed by atoms with Gasteiger partial charge in [-0.15, -0.1) is 11.3 Å². The molecule has 0 saturated heterocycles. The molecular formula is C21H15N3O4S2. The van der Waals surface area contributed by atoms with Crippen molar-refractivity contribution in [3.8, 4) is 21.8 Å². The van der Waals surface area contributed by atoms with Crippen LogP contribution in [0.15, 0.2) is 89.1 Å². The minimum atomic E-state index is -3.95. The van der Waals surface area contributed by atoms with Gasteiger partial charge in [0.05, 0.1) is 15.5 Å². The van der Waals surface area contributed by atoms with Gasteiger partial charge < -0.3 is 0 Å². The second-order valence-corrected chi connectivity index (χ2v) is 8.88. The van der Waals surface area contributed by atoms with E-state index in [2.05, 4.69) is 9.71 Å². The molecule has 9 heteroatoms. The van der Waals surface area contributed by atoms with Crippen LogP contribution in [0.1, 0.15) is 0 Å². The van der Waals surface area contributed by atoms with Gasteiger partial charge >= 0.3 is 0 Å². The lowest BCUT2D eigenvalue weighted by molar-refractivity contribution is -0.385. The third-order valence-corrected chi connectivity index (χ3v) is 6.57. The third kappa shape index (κ3) is 4.22. The van der Waals surface area contributed by atoms with Crippen LogP contribution < -0.4 is 4.72 Å². The zero-order chi connectivity index (χ0) is 21.1. The molecule has 30 heavy (non-hydrogen) atoms. The fourth-order valence-corrected chi connectivity index (χ4v) is 4.74. The van der Waals surface area contributed by atoms with Gasteiger partial charge in [0, 0.05) is 34.3 Å². The molecule has 0 radical (unpaired) electrons. The molecule has 0 aliphatic heterocycles. The van der Waals surface area contributed by atoms with Gasteiger partial charge in [-0.25, -0.2) is 13.4 Å². The molecule has 0 bridgehead atoms. The smallest absolute Gasteiger partial charge is 0.270 e. The standard InChI is InChI=1S/C21H15N3O4S2/c25-24(26)18-7-4-8-19(13-18)30(27,28)23-17-11-9-15(10-12-17)20-14-29-21(22-20)16-5-2-1-3-6-16/h1-14,23H. The Labute approximate surface area is 176 Å². The number of benzene rings is 3. The number of nitro groups is 1. The highest BCUT2D eigenvalue weighted by Crippen LogP contribution is 2.29. The highest BCUT2D eigenvalue weighted by atomic mass is 32.2. The lowest BCUT2D eigenvalue weighted by Crippen LogP contribution is -2.13. The van der Waals surface area contributed by atoms with Gasteiger partial charge in [-0.05, 0) is 18.2 Å². The number of anilines is 1. The summed E-state index contributed by atoms with van der Waals surface area (Å²) in [5.41, 5.74) is 2.75. The zero-order valence-corrected chi connectivity index (χ0v) is 17.1. The number of hydrogen-bond donors (Lipinski definition) is 1. The normalized spacial score (nSPS) is 11.2. The van der Waals surface area contributed by atoms with E-state index in [-0.39, 0.29) is 10.6 Å². The van der Waals surface area contributed by atoms with Crippen LogP contribution in [-0.2, 0) is 10.0 Å². The number of rotatable bonds is 6. The average molecular weight is 438 g/mol. The molecule has 0 unspecified atom stereocenters. The fraction of sp³-hybridized carbons (Fsp3) is 0. The summed E-state index contributed by atoms with van der Waals surface area (Å²) in [6, 6.07) is 21.6. The van der Waals surface area contributed by atoms with Crippen LogP contribution in [0.25, 0.3) is 21.8 Å². The van der Waals surface area contributed by atoms with E-state index in [1.54, 1.807) is 24.3 Å². The molecule has 4 aromatic rings. The van der Waals surface area contributed by atoms with Crippen molar-refractivity contribution in [2.45, 2.75) is 4.90 Å². The molecule has 0 fully saturated rings. The van der Waals surface area contributed by atoms with E-state index in [4.69, 9.17) is 0 Å². The Morgan fingerprint density at radius 3 is 2.33 bits per heavy atom. The Hall–Kier alpha value is -3.56. The molecule has 1 heterocycles. The maximum atomic E-state index is 12.5. The van der Waals surface area contributed by atoms with E-state index in [1.807, 2.05) is 35.7 Å². The van der Waals surface area contributed by atoms with Crippen LogP contribution in [0.2, 0.25) is 0 Å². The van der Waals surface area contributed by atoms with E-state index in [0.29, 0.717) is 5.69 Å². The fourth-order valence-electron chi connectivity index (χ4n) is 2.81. The van der Waals surface area contributed by atoms with Crippen LogP contribution in [0.3, 0.4) is 0 Å². The van der Waals surface area contributed by atoms with Crippen LogP contribution in [-0.4, -0.2) is 18.3 Å². The summed E-state index contributed by atoms with van der Waals surface area (Å²) < 4.78 is 27.5. The minimum Gasteiger partial charge on any atom is -0.280 e. The summed E-state index contributed by atoms with van der Waals surface area (Å²) in [4.78, 5) is 14.7. The van der Waals surface area contributed by atoms with Crippen molar-refractivity contribution in [3.63, 3.8) is 0 Å². The number of non-ortho nitro benzene ring substituents is 1. The van der Waals surface area contributed by atoms with Gasteiger partial charge in [-0.1, -0.05) is 48.5 Å². The van der Waals surface area contributed by atoms with E-state index in [1.165, 1.54) is 29.5 Å². The number of sulfonamides is 1. The molecule has 1 N–H and O–H groups in total. The summed E-state index contributed by atoms with van der Waals surface area (Å²) in [5.74, 6) is 0. The van der Waals surface area contributed by atoms with Crippen molar-refractivity contribution >= 4 is 32.7 Å². The number of aromatic nitrogens is 1. The Balaban J connectivity index is 1.54. The largest absolute Gasteiger partial charge is 0.280 e. The highest BCUT2D eigenvalue weighted by Gasteiger charge is 2.18. The molecule has 0 amide bonds. The molecule has 0 aliphatic carbocycles. The number of hydrogen-bond acceptors (Lipinski definition) is 6. The number of nitrogens with zero attached hydrogens (tertiary/aromatic N) is 2. The van der Waals surface area contributed by atoms with Crippen molar-refractivity contribution in [3.05, 3.63) is 94.4 Å². The molecule has 0 spiro atoms. The second-order valence-electron chi connectivity index (χ2n) is 6.34. The van der Waals surface area contributed by atoms with E-state index in [0.717, 1.165) is 27.9 Å². The maximum Gasteiger partial charge on any atom is 0.270 e. The molecule has 1 aromatic heterocycles. The van der Waals surface area contributed by atoms with Crippen LogP contribution >= 0.6 is 11.3 Å². The van der Waals surface area contributed by atoms with Gasteiger partial charge in [-0.3, -0.25) is 14.8 Å². The molecule has 4 rings (SSSR count). The predicted octanol–water partition coefficient (Wildman–Crippen LogP) is 5.19. The summed E-state index contributed by atoms with van der Waals surface area (Å²) >= 11 is 1.53. The Morgan fingerprint density at radius 1 is 0.900 bits per heavy atom. The predicted molar refractivity (Wildman–Crippen MR) is 117 cm³/mol. The van der Waals surface area contributed by atoms with Gasteiger partial charge in [-0.2, -0.15) is 0 Å². The zero-order valence-electron chi connectivity index (χ0n) is 15.4. The number of thiazole rings is 1. The summed E-state index contributed by atoms with van der Waals surface area (Å²) in [7, 11) is -3.95. The maximum absolute atomic E-state index is 12.5. The van der Waals surface area contributed by atoms with Gasteiger partial charge in [0.25, 0.3) is 15.7 Å². The Morgan fingerprint density at radius 2 is 1.63 bits per heavy atom. The van der Waals surface area contributed by atoms with Crippen LogP contribution in [0.5, 0.6) is 0 Å². The van der Waals surface area contributed by atoms with E-state index < -0.39 is 14.9 Å². The van der Waals surface area contributed by atoms with E-state index >= 15 is 0 Å². The first-order chi connectivity index (χ1) is 14.4. The Bertz CT molecular complexity index is 1300. The molecular weight excluding hydrogens is 422 g/mol. The van der Waals surface area contributed by atoms with Gasteiger partial charge in [0.15, 0.2) is 0 Å². The second kappa shape index (κ2) is 8.05. The quantitative estimate of drug-likeness (QED) is 0.330. The summed E-state index contributed by atoms with van der Waals surface area (Å²) in [6.45, 7) is 0. The number of nitrogens with one attached hydrogen (secondary N) is 1.